The number of carbonyl (C=O) groups is 1. The van der Waals surface area contributed by atoms with Gasteiger partial charge < -0.3 is 10.1 Å². The fourth-order valence-electron chi connectivity index (χ4n) is 2.23. The molecule has 0 aliphatic heterocycles. The zero-order valence-electron chi connectivity index (χ0n) is 12.9. The van der Waals surface area contributed by atoms with Crippen molar-refractivity contribution in [2.45, 2.75) is 25.7 Å². The highest BCUT2D eigenvalue weighted by atomic mass is 19.1. The molecule has 2 aromatic carbocycles. The van der Waals surface area contributed by atoms with Crippen LogP contribution in [0, 0.1) is 11.6 Å². The molecule has 0 aliphatic carbocycles. The van der Waals surface area contributed by atoms with Gasteiger partial charge in [0, 0.05) is 6.42 Å². The molecule has 3 nitrogen and oxygen atoms in total. The fourth-order valence-corrected chi connectivity index (χ4v) is 2.23. The molecule has 0 saturated heterocycles. The average molecular weight is 319 g/mol. The molecule has 0 atom stereocenters. The summed E-state index contributed by atoms with van der Waals surface area (Å²) in [5.74, 6) is -1.11. The summed E-state index contributed by atoms with van der Waals surface area (Å²) < 4.78 is 31.9. The molecule has 1 amide bonds. The number of ether oxygens (including phenoxy) is 1. The summed E-state index contributed by atoms with van der Waals surface area (Å²) in [7, 11) is 1.62. The van der Waals surface area contributed by atoms with Gasteiger partial charge >= 0.3 is 0 Å². The number of aryl methyl sites for hydroxylation is 1. The van der Waals surface area contributed by atoms with Gasteiger partial charge in [0.1, 0.15) is 23.1 Å². The number of anilines is 1. The average Bonchev–Trinajstić information content (AvgIpc) is 2.56. The minimum atomic E-state index is -0.767. The number of halogens is 2. The van der Waals surface area contributed by atoms with Crippen molar-refractivity contribution >= 4 is 11.6 Å². The van der Waals surface area contributed by atoms with Crippen molar-refractivity contribution in [1.82, 2.24) is 0 Å². The van der Waals surface area contributed by atoms with E-state index in [9.17, 15) is 13.6 Å². The van der Waals surface area contributed by atoms with E-state index in [2.05, 4.69) is 5.32 Å². The first kappa shape index (κ1) is 16.9. The van der Waals surface area contributed by atoms with Gasteiger partial charge in [0.25, 0.3) is 0 Å². The zero-order valence-corrected chi connectivity index (χ0v) is 12.9. The van der Waals surface area contributed by atoms with Gasteiger partial charge in [0.05, 0.1) is 7.11 Å². The second-order valence-electron chi connectivity index (χ2n) is 5.20. The minimum absolute atomic E-state index is 0.226. The molecule has 0 saturated carbocycles. The lowest BCUT2D eigenvalue weighted by molar-refractivity contribution is -0.116. The highest BCUT2D eigenvalue weighted by molar-refractivity contribution is 5.90. The van der Waals surface area contributed by atoms with E-state index in [1.807, 2.05) is 24.3 Å². The fraction of sp³-hybridized carbons (Fsp3) is 0.278. The van der Waals surface area contributed by atoms with Crippen LogP contribution >= 0.6 is 0 Å². The molecule has 0 fully saturated rings. The van der Waals surface area contributed by atoms with Gasteiger partial charge in [-0.2, -0.15) is 0 Å². The number of para-hydroxylation sites is 1. The number of methoxy groups -OCH3 is 1. The normalized spacial score (nSPS) is 10.4. The number of hydrogen-bond donors (Lipinski definition) is 1. The quantitative estimate of drug-likeness (QED) is 0.772. The SMILES string of the molecule is COc1ccc(CCCCC(=O)Nc2c(F)cccc2F)cc1. The Morgan fingerprint density at radius 2 is 1.70 bits per heavy atom. The first-order chi connectivity index (χ1) is 11.1. The molecular weight excluding hydrogens is 300 g/mol. The van der Waals surface area contributed by atoms with Crippen LogP contribution in [0.15, 0.2) is 42.5 Å². The van der Waals surface area contributed by atoms with Crippen LogP contribution in [-0.2, 0) is 11.2 Å². The Hall–Kier alpha value is -2.43. The summed E-state index contributed by atoms with van der Waals surface area (Å²) in [4.78, 5) is 11.8. The van der Waals surface area contributed by atoms with Crippen LogP contribution in [0.2, 0.25) is 0 Å². The first-order valence-electron chi connectivity index (χ1n) is 7.47. The van der Waals surface area contributed by atoms with Crippen molar-refractivity contribution in [3.63, 3.8) is 0 Å². The third-order valence-electron chi connectivity index (χ3n) is 3.51. The lowest BCUT2D eigenvalue weighted by Gasteiger charge is -2.07. The lowest BCUT2D eigenvalue weighted by atomic mass is 10.1. The number of carbonyl (C=O) groups excluding carboxylic acids is 1. The molecule has 1 N–H and O–H groups in total. The van der Waals surface area contributed by atoms with Crippen LogP contribution in [0.1, 0.15) is 24.8 Å². The van der Waals surface area contributed by atoms with Crippen LogP contribution in [-0.4, -0.2) is 13.0 Å². The maximum absolute atomic E-state index is 13.4. The van der Waals surface area contributed by atoms with Crippen LogP contribution < -0.4 is 10.1 Å². The minimum Gasteiger partial charge on any atom is -0.497 e. The van der Waals surface area contributed by atoms with E-state index in [4.69, 9.17) is 4.74 Å². The molecule has 0 spiro atoms. The van der Waals surface area contributed by atoms with Gasteiger partial charge in [-0.3, -0.25) is 4.79 Å². The van der Waals surface area contributed by atoms with Crippen molar-refractivity contribution in [1.29, 1.82) is 0 Å². The molecule has 0 unspecified atom stereocenters. The van der Waals surface area contributed by atoms with Crippen LogP contribution in [0.25, 0.3) is 0 Å². The Morgan fingerprint density at radius 1 is 1.04 bits per heavy atom. The van der Waals surface area contributed by atoms with Crippen LogP contribution in [0.3, 0.4) is 0 Å². The van der Waals surface area contributed by atoms with Crippen molar-refractivity contribution < 1.29 is 18.3 Å². The summed E-state index contributed by atoms with van der Waals surface area (Å²) in [6.45, 7) is 0. The second-order valence-corrected chi connectivity index (χ2v) is 5.20. The number of nitrogens with one attached hydrogen (secondary N) is 1. The molecule has 0 heterocycles. The highest BCUT2D eigenvalue weighted by Crippen LogP contribution is 2.18. The molecule has 23 heavy (non-hydrogen) atoms. The van der Waals surface area contributed by atoms with Crippen LogP contribution in [0.5, 0.6) is 5.75 Å². The maximum atomic E-state index is 13.4. The molecule has 0 aliphatic rings. The van der Waals surface area contributed by atoms with E-state index in [0.717, 1.165) is 36.3 Å². The standard InChI is InChI=1S/C18H19F2NO2/c1-23-14-11-9-13(10-12-14)5-2-3-8-17(22)21-18-15(19)6-4-7-16(18)20/h4,6-7,9-12H,2-3,5,8H2,1H3,(H,21,22). The lowest BCUT2D eigenvalue weighted by Crippen LogP contribution is -2.13. The molecule has 5 heteroatoms. The number of unbranched alkanes of at least 4 members (excludes halogenated alkanes) is 1. The number of benzene rings is 2. The molecule has 2 rings (SSSR count). The number of rotatable bonds is 7. The molecule has 0 aromatic heterocycles. The Labute approximate surface area is 134 Å². The summed E-state index contributed by atoms with van der Waals surface area (Å²) in [6, 6.07) is 11.2. The Bertz CT molecular complexity index is 636. The summed E-state index contributed by atoms with van der Waals surface area (Å²) in [5, 5.41) is 2.29. The smallest absolute Gasteiger partial charge is 0.224 e. The predicted molar refractivity (Wildman–Crippen MR) is 85.5 cm³/mol. The van der Waals surface area contributed by atoms with Gasteiger partial charge in [-0.05, 0) is 49.1 Å². The molecule has 122 valence electrons. The van der Waals surface area contributed by atoms with Crippen LogP contribution in [0.4, 0.5) is 14.5 Å². The van der Waals surface area contributed by atoms with Crippen molar-refractivity contribution in [2.24, 2.45) is 0 Å². The Kier molecular flexibility index (Phi) is 6.09. The van der Waals surface area contributed by atoms with Crippen molar-refractivity contribution in [3.05, 3.63) is 59.7 Å². The maximum Gasteiger partial charge on any atom is 0.224 e. The molecule has 0 bridgehead atoms. The Balaban J connectivity index is 1.74. The zero-order chi connectivity index (χ0) is 16.7. The van der Waals surface area contributed by atoms with Gasteiger partial charge in [-0.15, -0.1) is 0 Å². The van der Waals surface area contributed by atoms with E-state index in [1.165, 1.54) is 6.07 Å². The van der Waals surface area contributed by atoms with E-state index < -0.39 is 11.6 Å². The van der Waals surface area contributed by atoms with Crippen molar-refractivity contribution in [3.8, 4) is 5.75 Å². The molecular formula is C18H19F2NO2. The van der Waals surface area contributed by atoms with E-state index in [0.29, 0.717) is 6.42 Å². The van der Waals surface area contributed by atoms with E-state index in [-0.39, 0.29) is 18.0 Å². The van der Waals surface area contributed by atoms with E-state index in [1.54, 1.807) is 7.11 Å². The van der Waals surface area contributed by atoms with Gasteiger partial charge in [0.2, 0.25) is 5.91 Å². The molecule has 0 radical (unpaired) electrons. The third kappa shape index (κ3) is 5.06. The monoisotopic (exact) mass is 319 g/mol. The number of hydrogen-bond acceptors (Lipinski definition) is 2. The van der Waals surface area contributed by atoms with Crippen molar-refractivity contribution in [2.75, 3.05) is 12.4 Å². The Morgan fingerprint density at radius 3 is 2.30 bits per heavy atom. The first-order valence-corrected chi connectivity index (χ1v) is 7.47. The molecule has 2 aromatic rings. The number of amides is 1. The summed E-state index contributed by atoms with van der Waals surface area (Å²) in [6.07, 6.45) is 2.53. The largest absolute Gasteiger partial charge is 0.497 e. The second kappa shape index (κ2) is 8.27. The predicted octanol–water partition coefficient (Wildman–Crippen LogP) is 4.32. The highest BCUT2D eigenvalue weighted by Gasteiger charge is 2.11. The van der Waals surface area contributed by atoms with Gasteiger partial charge in [-0.25, -0.2) is 8.78 Å². The van der Waals surface area contributed by atoms with Gasteiger partial charge in [-0.1, -0.05) is 18.2 Å². The summed E-state index contributed by atoms with van der Waals surface area (Å²) >= 11 is 0. The topological polar surface area (TPSA) is 38.3 Å². The third-order valence-corrected chi connectivity index (χ3v) is 3.51. The van der Waals surface area contributed by atoms with Gasteiger partial charge in [0.15, 0.2) is 0 Å². The summed E-state index contributed by atoms with van der Waals surface area (Å²) in [5.41, 5.74) is 0.777. The van der Waals surface area contributed by atoms with E-state index >= 15 is 0 Å².